The number of thiophene rings is 2. The van der Waals surface area contributed by atoms with Crippen LogP contribution in [0.15, 0.2) is 53.2 Å². The summed E-state index contributed by atoms with van der Waals surface area (Å²) in [4.78, 5) is 15.9. The Kier molecular flexibility index (Phi) is 7.27. The number of morpholine rings is 1. The summed E-state index contributed by atoms with van der Waals surface area (Å²) in [5.41, 5.74) is 3.64. The highest BCUT2D eigenvalue weighted by Crippen LogP contribution is 2.39. The molecule has 3 heterocycles. The molecule has 0 atom stereocenters. The zero-order chi connectivity index (χ0) is 19.9. The zero-order valence-electron chi connectivity index (χ0n) is 16.1. The van der Waals surface area contributed by atoms with Crippen molar-refractivity contribution in [3.63, 3.8) is 0 Å². The van der Waals surface area contributed by atoms with E-state index in [0.29, 0.717) is 6.54 Å². The SMILES string of the molecule is O=C(NCCSCc1ccsc1)c1cc(-c2ccccc2)c(N2CCOCC2)s1. The summed E-state index contributed by atoms with van der Waals surface area (Å²) in [6.45, 7) is 3.87. The van der Waals surface area contributed by atoms with Crippen LogP contribution in [0, 0.1) is 0 Å². The second-order valence-corrected chi connectivity index (χ2v) is 9.65. The number of hydrogen-bond acceptors (Lipinski definition) is 6. The predicted molar refractivity (Wildman–Crippen MR) is 126 cm³/mol. The summed E-state index contributed by atoms with van der Waals surface area (Å²) in [6.07, 6.45) is 0. The van der Waals surface area contributed by atoms with Crippen molar-refractivity contribution in [1.82, 2.24) is 5.32 Å². The largest absolute Gasteiger partial charge is 0.378 e. The quantitative estimate of drug-likeness (QED) is 0.498. The van der Waals surface area contributed by atoms with Crippen molar-refractivity contribution >= 4 is 45.3 Å². The number of nitrogens with zero attached hydrogens (tertiary/aromatic N) is 1. The number of carbonyl (C=O) groups excluding carboxylic acids is 1. The Morgan fingerprint density at radius 3 is 2.76 bits per heavy atom. The summed E-state index contributed by atoms with van der Waals surface area (Å²) in [7, 11) is 0. The highest BCUT2D eigenvalue weighted by atomic mass is 32.2. The normalized spacial score (nSPS) is 14.1. The van der Waals surface area contributed by atoms with Crippen molar-refractivity contribution in [2.45, 2.75) is 5.75 Å². The highest BCUT2D eigenvalue weighted by Gasteiger charge is 2.21. The Balaban J connectivity index is 1.41. The van der Waals surface area contributed by atoms with E-state index in [4.69, 9.17) is 4.74 Å². The standard InChI is InChI=1S/C22H24N2O2S3/c25-21(23-7-13-28-16-17-6-12-27-15-17)20-14-19(18-4-2-1-3-5-18)22(29-20)24-8-10-26-11-9-24/h1-6,12,14-15H,7-11,13,16H2,(H,23,25). The highest BCUT2D eigenvalue weighted by molar-refractivity contribution is 7.98. The van der Waals surface area contributed by atoms with E-state index >= 15 is 0 Å². The smallest absolute Gasteiger partial charge is 0.261 e. The van der Waals surface area contributed by atoms with E-state index in [9.17, 15) is 4.79 Å². The minimum absolute atomic E-state index is 0.0165. The molecule has 0 aliphatic carbocycles. The number of nitrogens with one attached hydrogen (secondary N) is 1. The van der Waals surface area contributed by atoms with Gasteiger partial charge in [-0.1, -0.05) is 30.3 Å². The van der Waals surface area contributed by atoms with Gasteiger partial charge in [-0.25, -0.2) is 0 Å². The molecule has 0 spiro atoms. The number of carbonyl (C=O) groups is 1. The number of amides is 1. The van der Waals surface area contributed by atoms with Crippen LogP contribution in [-0.2, 0) is 10.5 Å². The summed E-state index contributed by atoms with van der Waals surface area (Å²) >= 11 is 5.16. The van der Waals surface area contributed by atoms with Gasteiger partial charge in [0.25, 0.3) is 5.91 Å². The van der Waals surface area contributed by atoms with Gasteiger partial charge in [0.15, 0.2) is 0 Å². The third kappa shape index (κ3) is 5.42. The Morgan fingerprint density at radius 2 is 2.00 bits per heavy atom. The predicted octanol–water partition coefficient (Wildman–Crippen LogP) is 4.98. The van der Waals surface area contributed by atoms with Gasteiger partial charge in [0, 0.05) is 36.7 Å². The van der Waals surface area contributed by atoms with Crippen molar-refractivity contribution in [2.24, 2.45) is 0 Å². The fourth-order valence-electron chi connectivity index (χ4n) is 3.21. The Morgan fingerprint density at radius 1 is 1.17 bits per heavy atom. The fourth-order valence-corrected chi connectivity index (χ4v) is 5.94. The molecule has 0 radical (unpaired) electrons. The average molecular weight is 445 g/mol. The first-order valence-corrected chi connectivity index (χ1v) is 12.6. The maximum absolute atomic E-state index is 12.8. The van der Waals surface area contributed by atoms with E-state index < -0.39 is 0 Å². The van der Waals surface area contributed by atoms with E-state index in [1.165, 1.54) is 5.56 Å². The van der Waals surface area contributed by atoms with Crippen LogP contribution in [-0.4, -0.2) is 44.5 Å². The molecule has 4 nitrogen and oxygen atoms in total. The van der Waals surface area contributed by atoms with Gasteiger partial charge in [-0.05, 0) is 34.0 Å². The molecule has 0 saturated carbocycles. The lowest BCUT2D eigenvalue weighted by atomic mass is 10.1. The van der Waals surface area contributed by atoms with Crippen LogP contribution in [0.5, 0.6) is 0 Å². The molecule has 0 unspecified atom stereocenters. The van der Waals surface area contributed by atoms with E-state index in [-0.39, 0.29) is 5.91 Å². The van der Waals surface area contributed by atoms with Crippen LogP contribution in [0.3, 0.4) is 0 Å². The van der Waals surface area contributed by atoms with E-state index in [1.807, 2.05) is 36.0 Å². The van der Waals surface area contributed by atoms with Crippen LogP contribution in [0.2, 0.25) is 0 Å². The number of thioether (sulfide) groups is 1. The van der Waals surface area contributed by atoms with Gasteiger partial charge in [-0.3, -0.25) is 4.79 Å². The lowest BCUT2D eigenvalue weighted by molar-refractivity contribution is 0.0960. The molecule has 1 amide bonds. The van der Waals surface area contributed by atoms with Crippen LogP contribution in [0.4, 0.5) is 5.00 Å². The molecule has 1 saturated heterocycles. The Labute approximate surface area is 183 Å². The molecule has 29 heavy (non-hydrogen) atoms. The molecule has 1 aliphatic heterocycles. The molecular weight excluding hydrogens is 420 g/mol. The molecule has 7 heteroatoms. The van der Waals surface area contributed by atoms with Gasteiger partial charge in [0.1, 0.15) is 0 Å². The monoisotopic (exact) mass is 444 g/mol. The Bertz CT molecular complexity index is 904. The maximum Gasteiger partial charge on any atom is 0.261 e. The molecule has 2 aromatic heterocycles. The van der Waals surface area contributed by atoms with E-state index in [0.717, 1.165) is 58.8 Å². The van der Waals surface area contributed by atoms with Gasteiger partial charge in [-0.2, -0.15) is 23.1 Å². The summed E-state index contributed by atoms with van der Waals surface area (Å²) in [5, 5.41) is 8.53. The van der Waals surface area contributed by atoms with Crippen LogP contribution < -0.4 is 10.2 Å². The summed E-state index contributed by atoms with van der Waals surface area (Å²) in [6, 6.07) is 14.5. The van der Waals surface area contributed by atoms with Gasteiger partial charge >= 0.3 is 0 Å². The average Bonchev–Trinajstić information content (AvgIpc) is 3.45. The molecule has 152 valence electrons. The van der Waals surface area contributed by atoms with Crippen LogP contribution >= 0.6 is 34.4 Å². The maximum atomic E-state index is 12.8. The molecule has 3 aromatic rings. The fraction of sp³-hybridized carbons (Fsp3) is 0.318. The second kappa shape index (κ2) is 10.3. The van der Waals surface area contributed by atoms with E-state index in [2.05, 4.69) is 39.2 Å². The van der Waals surface area contributed by atoms with Crippen LogP contribution in [0.25, 0.3) is 11.1 Å². The first kappa shape index (κ1) is 20.5. The number of benzene rings is 1. The van der Waals surface area contributed by atoms with Crippen molar-refractivity contribution in [3.05, 3.63) is 63.7 Å². The zero-order valence-corrected chi connectivity index (χ0v) is 18.6. The lowest BCUT2D eigenvalue weighted by Crippen LogP contribution is -2.35. The van der Waals surface area contributed by atoms with Crippen molar-refractivity contribution in [3.8, 4) is 11.1 Å². The molecule has 4 rings (SSSR count). The number of ether oxygens (including phenoxy) is 1. The summed E-state index contributed by atoms with van der Waals surface area (Å²) in [5.74, 6) is 1.93. The molecule has 0 bridgehead atoms. The molecule has 1 fully saturated rings. The summed E-state index contributed by atoms with van der Waals surface area (Å²) < 4.78 is 5.51. The first-order chi connectivity index (χ1) is 14.3. The lowest BCUT2D eigenvalue weighted by Gasteiger charge is -2.28. The van der Waals surface area contributed by atoms with Gasteiger partial charge in [0.05, 0.1) is 23.1 Å². The minimum Gasteiger partial charge on any atom is -0.378 e. The number of anilines is 1. The molecule has 1 N–H and O–H groups in total. The number of rotatable bonds is 8. The van der Waals surface area contributed by atoms with Crippen LogP contribution in [0.1, 0.15) is 15.2 Å². The van der Waals surface area contributed by atoms with E-state index in [1.54, 1.807) is 22.7 Å². The van der Waals surface area contributed by atoms with Crippen molar-refractivity contribution < 1.29 is 9.53 Å². The topological polar surface area (TPSA) is 41.6 Å². The van der Waals surface area contributed by atoms with Gasteiger partial charge in [-0.15, -0.1) is 11.3 Å². The molecule has 1 aliphatic rings. The molecule has 1 aromatic carbocycles. The third-order valence-corrected chi connectivity index (χ3v) is 7.66. The first-order valence-electron chi connectivity index (χ1n) is 9.70. The molecular formula is C22H24N2O2S3. The number of hydrogen-bond donors (Lipinski definition) is 1. The second-order valence-electron chi connectivity index (χ2n) is 6.74. The van der Waals surface area contributed by atoms with Gasteiger partial charge in [0.2, 0.25) is 0 Å². The van der Waals surface area contributed by atoms with Gasteiger partial charge < -0.3 is 15.0 Å². The third-order valence-electron chi connectivity index (χ3n) is 4.70. The Hall–Kier alpha value is -1.80. The van der Waals surface area contributed by atoms with Crippen molar-refractivity contribution in [1.29, 1.82) is 0 Å². The van der Waals surface area contributed by atoms with Crippen molar-refractivity contribution in [2.75, 3.05) is 43.5 Å². The minimum atomic E-state index is 0.0165.